The Labute approximate surface area is 165 Å². The molecule has 0 radical (unpaired) electrons. The zero-order valence-corrected chi connectivity index (χ0v) is 15.9. The van der Waals surface area contributed by atoms with E-state index in [4.69, 9.17) is 18.9 Å². The van der Waals surface area contributed by atoms with Gasteiger partial charge in [0.05, 0.1) is 0 Å². The molecular formula is C23H25NO4. The van der Waals surface area contributed by atoms with E-state index in [9.17, 15) is 0 Å². The van der Waals surface area contributed by atoms with Gasteiger partial charge in [-0.05, 0) is 54.5 Å². The third kappa shape index (κ3) is 3.20. The van der Waals surface area contributed by atoms with Crippen LogP contribution in [0.25, 0.3) is 0 Å². The number of aryl methyl sites for hydroxylation is 1. The molecule has 5 nitrogen and oxygen atoms in total. The highest BCUT2D eigenvalue weighted by atomic mass is 16.7. The summed E-state index contributed by atoms with van der Waals surface area (Å²) in [5, 5.41) is 0. The summed E-state index contributed by atoms with van der Waals surface area (Å²) in [5.41, 5.74) is 2.57. The first kappa shape index (κ1) is 17.4. The number of rotatable bonds is 6. The average Bonchev–Trinajstić information content (AvgIpc) is 3.45. The van der Waals surface area contributed by atoms with Crippen molar-refractivity contribution in [3.05, 3.63) is 60.2 Å². The molecule has 0 amide bonds. The summed E-state index contributed by atoms with van der Waals surface area (Å²) in [6.45, 7) is 6.56. The van der Waals surface area contributed by atoms with Crippen molar-refractivity contribution in [3.8, 4) is 23.0 Å². The summed E-state index contributed by atoms with van der Waals surface area (Å²) in [5.74, 6) is 4.00. The summed E-state index contributed by atoms with van der Waals surface area (Å²) < 4.78 is 22.2. The Bertz CT molecular complexity index is 881. The van der Waals surface area contributed by atoms with Crippen molar-refractivity contribution in [2.75, 3.05) is 26.7 Å². The van der Waals surface area contributed by atoms with Crippen LogP contribution in [0.3, 0.4) is 0 Å². The Hall–Kier alpha value is -2.66. The van der Waals surface area contributed by atoms with Gasteiger partial charge in [0.2, 0.25) is 13.6 Å². The van der Waals surface area contributed by atoms with Crippen LogP contribution in [0, 0.1) is 0 Å². The minimum absolute atomic E-state index is 0.321. The van der Waals surface area contributed by atoms with Crippen molar-refractivity contribution in [2.45, 2.75) is 31.2 Å². The van der Waals surface area contributed by atoms with Crippen LogP contribution in [0.5, 0.6) is 23.0 Å². The van der Waals surface area contributed by atoms with E-state index >= 15 is 0 Å². The number of para-hydroxylation sites is 1. The van der Waals surface area contributed by atoms with Gasteiger partial charge >= 0.3 is 0 Å². The lowest BCUT2D eigenvalue weighted by Gasteiger charge is -2.23. The van der Waals surface area contributed by atoms with Gasteiger partial charge < -0.3 is 18.9 Å². The first-order chi connectivity index (χ1) is 13.8. The number of fused-ring (bicyclic) bond motifs is 2. The first-order valence-electron chi connectivity index (χ1n) is 9.94. The molecule has 0 saturated carbocycles. The standard InChI is InChI=1S/C23H25NO4/c1-2-10-24-13-18(17-7-9-20-22(12-17)27-14-25-20)11-19(24)8-6-16-4-3-5-21-23(16)28-15-26-21/h2-5,7,9,12,18-19H,1,6,8,10-11,13-15H2. The third-order valence-corrected chi connectivity index (χ3v) is 5.98. The molecule has 0 aliphatic carbocycles. The molecule has 0 N–H and O–H groups in total. The normalized spacial score (nSPS) is 22.6. The lowest BCUT2D eigenvalue weighted by atomic mass is 9.94. The number of benzene rings is 2. The first-order valence-corrected chi connectivity index (χ1v) is 9.94. The fourth-order valence-electron chi connectivity index (χ4n) is 4.59. The van der Waals surface area contributed by atoms with E-state index in [2.05, 4.69) is 35.7 Å². The summed E-state index contributed by atoms with van der Waals surface area (Å²) in [4.78, 5) is 2.54. The largest absolute Gasteiger partial charge is 0.454 e. The molecule has 1 saturated heterocycles. The highest BCUT2D eigenvalue weighted by Gasteiger charge is 2.33. The van der Waals surface area contributed by atoms with Crippen molar-refractivity contribution in [3.63, 3.8) is 0 Å². The maximum atomic E-state index is 5.67. The number of nitrogens with zero attached hydrogens (tertiary/aromatic N) is 1. The van der Waals surface area contributed by atoms with Crippen LogP contribution in [-0.2, 0) is 6.42 Å². The van der Waals surface area contributed by atoms with Gasteiger partial charge in [-0.1, -0.05) is 24.3 Å². The van der Waals surface area contributed by atoms with Crippen molar-refractivity contribution in [1.29, 1.82) is 0 Å². The van der Waals surface area contributed by atoms with Gasteiger partial charge in [0.1, 0.15) is 0 Å². The van der Waals surface area contributed by atoms with Gasteiger partial charge in [-0.2, -0.15) is 0 Å². The fraction of sp³-hybridized carbons (Fsp3) is 0.391. The summed E-state index contributed by atoms with van der Waals surface area (Å²) in [7, 11) is 0. The van der Waals surface area contributed by atoms with E-state index in [1.165, 1.54) is 11.1 Å². The van der Waals surface area contributed by atoms with Crippen molar-refractivity contribution in [2.24, 2.45) is 0 Å². The molecule has 2 aromatic rings. The van der Waals surface area contributed by atoms with Crippen LogP contribution in [0.2, 0.25) is 0 Å². The molecular weight excluding hydrogens is 354 g/mol. The van der Waals surface area contributed by atoms with Gasteiger partial charge in [0.25, 0.3) is 0 Å². The molecule has 2 unspecified atom stereocenters. The zero-order valence-electron chi connectivity index (χ0n) is 15.9. The second-order valence-corrected chi connectivity index (χ2v) is 7.63. The topological polar surface area (TPSA) is 40.2 Å². The quantitative estimate of drug-likeness (QED) is 0.706. The molecule has 146 valence electrons. The van der Waals surface area contributed by atoms with Crippen LogP contribution in [-0.4, -0.2) is 37.6 Å². The monoisotopic (exact) mass is 379 g/mol. The molecule has 0 aromatic heterocycles. The molecule has 28 heavy (non-hydrogen) atoms. The number of hydrogen-bond donors (Lipinski definition) is 0. The lowest BCUT2D eigenvalue weighted by molar-refractivity contribution is 0.173. The highest BCUT2D eigenvalue weighted by molar-refractivity contribution is 5.48. The molecule has 3 aliphatic heterocycles. The van der Waals surface area contributed by atoms with Gasteiger partial charge in [0.15, 0.2) is 23.0 Å². The molecule has 3 heterocycles. The predicted octanol–water partition coefficient (Wildman–Crippen LogP) is 4.12. The maximum absolute atomic E-state index is 5.67. The number of likely N-dealkylation sites (tertiary alicyclic amines) is 1. The van der Waals surface area contributed by atoms with Gasteiger partial charge in [-0.15, -0.1) is 6.58 Å². The number of ether oxygens (including phenoxy) is 4. The molecule has 3 aliphatic rings. The van der Waals surface area contributed by atoms with Crippen LogP contribution in [0.4, 0.5) is 0 Å². The Morgan fingerprint density at radius 1 is 1.00 bits per heavy atom. The van der Waals surface area contributed by atoms with Gasteiger partial charge in [0, 0.05) is 19.1 Å². The van der Waals surface area contributed by atoms with E-state index in [1.807, 2.05) is 18.2 Å². The minimum Gasteiger partial charge on any atom is -0.454 e. The van der Waals surface area contributed by atoms with E-state index < -0.39 is 0 Å². The van der Waals surface area contributed by atoms with Gasteiger partial charge in [-0.25, -0.2) is 0 Å². The lowest BCUT2D eigenvalue weighted by Crippen LogP contribution is -2.30. The molecule has 2 aromatic carbocycles. The smallest absolute Gasteiger partial charge is 0.231 e. The van der Waals surface area contributed by atoms with E-state index in [1.54, 1.807) is 0 Å². The van der Waals surface area contributed by atoms with E-state index in [0.29, 0.717) is 25.5 Å². The Morgan fingerprint density at radius 2 is 1.86 bits per heavy atom. The summed E-state index contributed by atoms with van der Waals surface area (Å²) >= 11 is 0. The molecule has 0 bridgehead atoms. The molecule has 2 atom stereocenters. The molecule has 5 rings (SSSR count). The third-order valence-electron chi connectivity index (χ3n) is 5.98. The van der Waals surface area contributed by atoms with Crippen LogP contribution in [0.1, 0.15) is 29.9 Å². The maximum Gasteiger partial charge on any atom is 0.231 e. The van der Waals surface area contributed by atoms with Crippen molar-refractivity contribution < 1.29 is 18.9 Å². The van der Waals surface area contributed by atoms with Crippen LogP contribution >= 0.6 is 0 Å². The average molecular weight is 379 g/mol. The molecule has 5 heteroatoms. The van der Waals surface area contributed by atoms with Crippen LogP contribution in [0.15, 0.2) is 49.1 Å². The van der Waals surface area contributed by atoms with E-state index in [-0.39, 0.29) is 0 Å². The molecule has 1 fully saturated rings. The Kier molecular flexibility index (Phi) is 4.61. The van der Waals surface area contributed by atoms with Crippen molar-refractivity contribution >= 4 is 0 Å². The zero-order chi connectivity index (χ0) is 18.9. The second-order valence-electron chi connectivity index (χ2n) is 7.63. The molecule has 0 spiro atoms. The SMILES string of the molecule is C=CCN1CC(c2ccc3c(c2)OCO3)CC1CCc1cccc2c1OCO2. The highest BCUT2D eigenvalue weighted by Crippen LogP contribution is 2.40. The number of hydrogen-bond acceptors (Lipinski definition) is 5. The second kappa shape index (κ2) is 7.40. The summed E-state index contributed by atoms with van der Waals surface area (Å²) in [6, 6.07) is 13.1. The minimum atomic E-state index is 0.321. The Balaban J connectivity index is 1.30. The Morgan fingerprint density at radius 3 is 2.79 bits per heavy atom. The van der Waals surface area contributed by atoms with E-state index in [0.717, 1.165) is 55.4 Å². The van der Waals surface area contributed by atoms with Crippen LogP contribution < -0.4 is 18.9 Å². The predicted molar refractivity (Wildman–Crippen MR) is 106 cm³/mol. The van der Waals surface area contributed by atoms with Gasteiger partial charge in [-0.3, -0.25) is 4.90 Å². The summed E-state index contributed by atoms with van der Waals surface area (Å²) in [6.07, 6.45) is 5.22. The fourth-order valence-corrected chi connectivity index (χ4v) is 4.59. The van der Waals surface area contributed by atoms with Crippen molar-refractivity contribution in [1.82, 2.24) is 4.90 Å².